The highest BCUT2D eigenvalue weighted by Crippen LogP contribution is 2.25. The van der Waals surface area contributed by atoms with E-state index in [1.54, 1.807) is 29.1 Å². The number of methoxy groups -OCH3 is 1. The fraction of sp³-hybridized carbons (Fsp3) is 0.143. The number of nitrogens with zero attached hydrogens (tertiary/aromatic N) is 2. The van der Waals surface area contributed by atoms with E-state index in [1.807, 2.05) is 6.07 Å². The second-order valence-electron chi connectivity index (χ2n) is 4.33. The van der Waals surface area contributed by atoms with Crippen LogP contribution in [0.4, 0.5) is 0 Å². The Bertz CT molecular complexity index is 831. The SMILES string of the molecule is COC(=O)c1cc(S(C)(=O)=O)c(-n2cccc2)cc1C#N. The standard InChI is InChI=1S/C14H12N2O4S/c1-20-14(17)11-8-13(21(2,18)19)12(7-10(11)9-15)16-5-3-4-6-16/h3-8H,1-2H3. The first-order chi connectivity index (χ1) is 9.88. The molecule has 108 valence electrons. The van der Waals surface area contributed by atoms with Gasteiger partial charge < -0.3 is 9.30 Å². The number of sulfone groups is 1. The number of benzene rings is 1. The van der Waals surface area contributed by atoms with Crippen LogP contribution >= 0.6 is 0 Å². The molecule has 0 aliphatic heterocycles. The predicted molar refractivity (Wildman–Crippen MR) is 74.9 cm³/mol. The number of rotatable bonds is 3. The fourth-order valence-electron chi connectivity index (χ4n) is 1.93. The van der Waals surface area contributed by atoms with Gasteiger partial charge in [0.25, 0.3) is 0 Å². The number of esters is 1. The summed E-state index contributed by atoms with van der Waals surface area (Å²) in [7, 11) is -2.42. The molecule has 21 heavy (non-hydrogen) atoms. The first-order valence-electron chi connectivity index (χ1n) is 5.88. The zero-order valence-electron chi connectivity index (χ0n) is 11.4. The first kappa shape index (κ1) is 14.8. The van der Waals surface area contributed by atoms with Gasteiger partial charge in [-0.25, -0.2) is 13.2 Å². The Kier molecular flexibility index (Phi) is 3.82. The van der Waals surface area contributed by atoms with E-state index in [9.17, 15) is 13.2 Å². The first-order valence-corrected chi connectivity index (χ1v) is 7.77. The van der Waals surface area contributed by atoms with Crippen LogP contribution < -0.4 is 0 Å². The summed E-state index contributed by atoms with van der Waals surface area (Å²) in [6.45, 7) is 0. The molecule has 0 amide bonds. The molecule has 0 aliphatic rings. The second-order valence-corrected chi connectivity index (χ2v) is 6.32. The van der Waals surface area contributed by atoms with E-state index < -0.39 is 15.8 Å². The molecular weight excluding hydrogens is 292 g/mol. The van der Waals surface area contributed by atoms with Crippen LogP contribution in [-0.2, 0) is 14.6 Å². The molecule has 1 heterocycles. The molecule has 7 heteroatoms. The number of carbonyl (C=O) groups excluding carboxylic acids is 1. The maximum Gasteiger partial charge on any atom is 0.339 e. The highest BCUT2D eigenvalue weighted by atomic mass is 32.2. The van der Waals surface area contributed by atoms with Gasteiger partial charge in [-0.2, -0.15) is 5.26 Å². The quantitative estimate of drug-likeness (QED) is 0.802. The Morgan fingerprint density at radius 2 is 1.90 bits per heavy atom. The van der Waals surface area contributed by atoms with Crippen molar-refractivity contribution in [1.29, 1.82) is 5.26 Å². The minimum absolute atomic E-state index is 0.0434. The van der Waals surface area contributed by atoms with Crippen molar-refractivity contribution in [3.05, 3.63) is 47.8 Å². The lowest BCUT2D eigenvalue weighted by atomic mass is 10.1. The van der Waals surface area contributed by atoms with Crippen LogP contribution in [0, 0.1) is 11.3 Å². The topological polar surface area (TPSA) is 89.2 Å². The van der Waals surface area contributed by atoms with E-state index in [0.717, 1.165) is 6.26 Å². The maximum absolute atomic E-state index is 12.0. The van der Waals surface area contributed by atoms with Crippen molar-refractivity contribution in [3.63, 3.8) is 0 Å². The normalized spacial score (nSPS) is 10.9. The van der Waals surface area contributed by atoms with Gasteiger partial charge in [0.2, 0.25) is 0 Å². The van der Waals surface area contributed by atoms with Gasteiger partial charge >= 0.3 is 5.97 Å². The van der Waals surface area contributed by atoms with Crippen LogP contribution in [0.2, 0.25) is 0 Å². The maximum atomic E-state index is 12.0. The summed E-state index contributed by atoms with van der Waals surface area (Å²) in [5, 5.41) is 9.16. The Labute approximate surface area is 122 Å². The molecule has 0 N–H and O–H groups in total. The number of hydrogen-bond donors (Lipinski definition) is 0. The monoisotopic (exact) mass is 304 g/mol. The van der Waals surface area contributed by atoms with Crippen molar-refractivity contribution in [1.82, 2.24) is 4.57 Å². The molecule has 0 atom stereocenters. The van der Waals surface area contributed by atoms with Crippen LogP contribution in [0.5, 0.6) is 0 Å². The lowest BCUT2D eigenvalue weighted by Crippen LogP contribution is -2.11. The molecule has 0 aliphatic carbocycles. The third-order valence-electron chi connectivity index (χ3n) is 2.91. The smallest absolute Gasteiger partial charge is 0.339 e. The number of ether oxygens (including phenoxy) is 1. The molecular formula is C14H12N2O4S. The van der Waals surface area contributed by atoms with Gasteiger partial charge in [-0.1, -0.05) is 0 Å². The van der Waals surface area contributed by atoms with Crippen molar-refractivity contribution >= 4 is 15.8 Å². The van der Waals surface area contributed by atoms with Crippen LogP contribution in [0.1, 0.15) is 15.9 Å². The molecule has 0 bridgehead atoms. The van der Waals surface area contributed by atoms with Crippen molar-refractivity contribution in [2.24, 2.45) is 0 Å². The third-order valence-corrected chi connectivity index (χ3v) is 4.03. The van der Waals surface area contributed by atoms with Gasteiger partial charge in [0, 0.05) is 18.6 Å². The summed E-state index contributed by atoms with van der Waals surface area (Å²) >= 11 is 0. The van der Waals surface area contributed by atoms with Gasteiger partial charge in [-0.05, 0) is 24.3 Å². The van der Waals surface area contributed by atoms with E-state index in [-0.39, 0.29) is 16.0 Å². The van der Waals surface area contributed by atoms with Crippen molar-refractivity contribution in [2.75, 3.05) is 13.4 Å². The molecule has 0 radical (unpaired) electrons. The van der Waals surface area contributed by atoms with E-state index in [4.69, 9.17) is 5.26 Å². The molecule has 0 spiro atoms. The van der Waals surface area contributed by atoms with Crippen LogP contribution in [0.3, 0.4) is 0 Å². The molecule has 1 aromatic heterocycles. The molecule has 0 saturated heterocycles. The number of nitriles is 1. The summed E-state index contributed by atoms with van der Waals surface area (Å²) in [5.74, 6) is -0.754. The van der Waals surface area contributed by atoms with E-state index in [0.29, 0.717) is 5.69 Å². The lowest BCUT2D eigenvalue weighted by molar-refractivity contribution is 0.0600. The Hall–Kier alpha value is -2.59. The number of carbonyl (C=O) groups is 1. The van der Waals surface area contributed by atoms with Crippen molar-refractivity contribution in [3.8, 4) is 11.8 Å². The summed E-state index contributed by atoms with van der Waals surface area (Å²) in [6, 6.07) is 7.88. The summed E-state index contributed by atoms with van der Waals surface area (Å²) in [5.41, 5.74) is 0.293. The summed E-state index contributed by atoms with van der Waals surface area (Å²) < 4.78 is 30.1. The fourth-order valence-corrected chi connectivity index (χ4v) is 2.81. The van der Waals surface area contributed by atoms with Crippen molar-refractivity contribution in [2.45, 2.75) is 4.90 Å². The molecule has 0 fully saturated rings. The minimum atomic E-state index is -3.59. The van der Waals surface area contributed by atoms with Crippen LogP contribution in [0.15, 0.2) is 41.6 Å². The average molecular weight is 304 g/mol. The van der Waals surface area contributed by atoms with E-state index >= 15 is 0 Å². The molecule has 6 nitrogen and oxygen atoms in total. The van der Waals surface area contributed by atoms with Gasteiger partial charge in [0.05, 0.1) is 28.8 Å². The zero-order chi connectivity index (χ0) is 15.6. The second kappa shape index (κ2) is 5.42. The van der Waals surface area contributed by atoms with E-state index in [2.05, 4.69) is 4.74 Å². The molecule has 2 aromatic rings. The molecule has 1 aromatic carbocycles. The number of aromatic nitrogens is 1. The zero-order valence-corrected chi connectivity index (χ0v) is 12.2. The Morgan fingerprint density at radius 3 is 2.38 bits per heavy atom. The predicted octanol–water partition coefficient (Wildman–Crippen LogP) is 1.54. The Morgan fingerprint density at radius 1 is 1.29 bits per heavy atom. The third kappa shape index (κ3) is 2.80. The van der Waals surface area contributed by atoms with Gasteiger partial charge in [0.1, 0.15) is 6.07 Å². The highest BCUT2D eigenvalue weighted by Gasteiger charge is 2.22. The average Bonchev–Trinajstić information content (AvgIpc) is 2.98. The van der Waals surface area contributed by atoms with Crippen molar-refractivity contribution < 1.29 is 17.9 Å². The van der Waals surface area contributed by atoms with Crippen LogP contribution in [-0.4, -0.2) is 32.3 Å². The van der Waals surface area contributed by atoms with E-state index in [1.165, 1.54) is 19.2 Å². The molecule has 2 rings (SSSR count). The van der Waals surface area contributed by atoms with Crippen LogP contribution in [0.25, 0.3) is 5.69 Å². The van der Waals surface area contributed by atoms with Gasteiger partial charge in [-0.3, -0.25) is 0 Å². The highest BCUT2D eigenvalue weighted by molar-refractivity contribution is 7.90. The lowest BCUT2D eigenvalue weighted by Gasteiger charge is -2.12. The minimum Gasteiger partial charge on any atom is -0.465 e. The Balaban J connectivity index is 2.84. The molecule has 0 saturated carbocycles. The number of hydrogen-bond acceptors (Lipinski definition) is 5. The van der Waals surface area contributed by atoms with Gasteiger partial charge in [0.15, 0.2) is 9.84 Å². The summed E-state index contributed by atoms with van der Waals surface area (Å²) in [4.78, 5) is 11.7. The summed E-state index contributed by atoms with van der Waals surface area (Å²) in [6.07, 6.45) is 4.36. The molecule has 0 unspecified atom stereocenters. The largest absolute Gasteiger partial charge is 0.465 e. The van der Waals surface area contributed by atoms with Gasteiger partial charge in [-0.15, -0.1) is 0 Å².